The SMILES string of the molecule is CNc1cc(Oc2ccnc(NC(C)=O)c2)cnc1NC(=S)Nc1cc(C(C)(C)C)n([C@H]2CCOC2)c1. The van der Waals surface area contributed by atoms with E-state index in [-0.39, 0.29) is 11.3 Å². The first kappa shape index (κ1) is 26.4. The number of nitrogens with one attached hydrogen (secondary N) is 4. The van der Waals surface area contributed by atoms with Gasteiger partial charge in [0.05, 0.1) is 30.2 Å². The molecule has 1 fully saturated rings. The maximum atomic E-state index is 11.3. The van der Waals surface area contributed by atoms with Crippen LogP contribution in [0.4, 0.5) is 23.0 Å². The Morgan fingerprint density at radius 3 is 2.65 bits per heavy atom. The van der Waals surface area contributed by atoms with E-state index in [0.717, 1.165) is 25.3 Å². The van der Waals surface area contributed by atoms with E-state index in [1.165, 1.54) is 12.6 Å². The molecule has 0 unspecified atom stereocenters. The van der Waals surface area contributed by atoms with Crippen LogP contribution in [0.1, 0.15) is 45.9 Å². The molecule has 4 rings (SSSR count). The summed E-state index contributed by atoms with van der Waals surface area (Å²) in [6.07, 6.45) is 6.25. The van der Waals surface area contributed by atoms with Gasteiger partial charge in [-0.05, 0) is 30.8 Å². The Kier molecular flexibility index (Phi) is 7.94. The van der Waals surface area contributed by atoms with Crippen LogP contribution < -0.4 is 26.0 Å². The van der Waals surface area contributed by atoms with Crippen molar-refractivity contribution in [1.82, 2.24) is 14.5 Å². The van der Waals surface area contributed by atoms with Crippen LogP contribution in [0.25, 0.3) is 0 Å². The van der Waals surface area contributed by atoms with Gasteiger partial charge < -0.3 is 35.3 Å². The van der Waals surface area contributed by atoms with Gasteiger partial charge in [0.15, 0.2) is 10.9 Å². The zero-order valence-electron chi connectivity index (χ0n) is 21.7. The smallest absolute Gasteiger partial charge is 0.222 e. The molecular formula is C26H33N7O3S. The largest absolute Gasteiger partial charge is 0.455 e. The van der Waals surface area contributed by atoms with Gasteiger partial charge in [0.25, 0.3) is 0 Å². The number of hydrogen-bond acceptors (Lipinski definition) is 7. The average molecular weight is 524 g/mol. The van der Waals surface area contributed by atoms with Gasteiger partial charge in [-0.3, -0.25) is 4.79 Å². The van der Waals surface area contributed by atoms with E-state index in [4.69, 9.17) is 21.7 Å². The van der Waals surface area contributed by atoms with E-state index >= 15 is 0 Å². The third-order valence-electron chi connectivity index (χ3n) is 5.81. The fraction of sp³-hybridized carbons (Fsp3) is 0.385. The third kappa shape index (κ3) is 6.75. The monoisotopic (exact) mass is 523 g/mol. The molecule has 3 aromatic heterocycles. The molecule has 0 aliphatic carbocycles. The maximum Gasteiger partial charge on any atom is 0.222 e. The van der Waals surface area contributed by atoms with Crippen LogP contribution >= 0.6 is 12.2 Å². The molecule has 0 bridgehead atoms. The van der Waals surface area contributed by atoms with Crippen LogP contribution in [-0.4, -0.2) is 45.8 Å². The van der Waals surface area contributed by atoms with Gasteiger partial charge >= 0.3 is 0 Å². The number of amides is 1. The topological polar surface area (TPSA) is 114 Å². The Hall–Kier alpha value is -3.70. The minimum absolute atomic E-state index is 0.0219. The minimum atomic E-state index is -0.206. The predicted molar refractivity (Wildman–Crippen MR) is 150 cm³/mol. The number of carbonyl (C=O) groups excluding carboxylic acids is 1. The highest BCUT2D eigenvalue weighted by Crippen LogP contribution is 2.33. The highest BCUT2D eigenvalue weighted by atomic mass is 32.1. The molecule has 0 saturated carbocycles. The second-order valence-electron chi connectivity index (χ2n) is 9.85. The number of nitrogens with zero attached hydrogens (tertiary/aromatic N) is 3. The Morgan fingerprint density at radius 2 is 1.97 bits per heavy atom. The summed E-state index contributed by atoms with van der Waals surface area (Å²) in [6.45, 7) is 9.53. The lowest BCUT2D eigenvalue weighted by molar-refractivity contribution is -0.114. The second-order valence-corrected chi connectivity index (χ2v) is 10.3. The van der Waals surface area contributed by atoms with Crippen molar-refractivity contribution in [3.8, 4) is 11.5 Å². The number of hydrogen-bond donors (Lipinski definition) is 4. The molecule has 1 aliphatic heterocycles. The van der Waals surface area contributed by atoms with E-state index in [2.05, 4.69) is 68.8 Å². The lowest BCUT2D eigenvalue weighted by Crippen LogP contribution is -2.20. The number of rotatable bonds is 7. The van der Waals surface area contributed by atoms with E-state index in [1.54, 1.807) is 31.6 Å². The molecule has 0 spiro atoms. The lowest BCUT2D eigenvalue weighted by atomic mass is 9.91. The molecule has 1 atom stereocenters. The molecule has 11 heteroatoms. The van der Waals surface area contributed by atoms with E-state index in [1.807, 2.05) is 6.07 Å². The molecule has 1 amide bonds. The first-order chi connectivity index (χ1) is 17.6. The molecule has 1 aliphatic rings. The Balaban J connectivity index is 1.45. The van der Waals surface area contributed by atoms with Crippen molar-refractivity contribution >= 4 is 46.2 Å². The summed E-state index contributed by atoms with van der Waals surface area (Å²) < 4.78 is 13.8. The van der Waals surface area contributed by atoms with Gasteiger partial charge in [0.1, 0.15) is 17.3 Å². The predicted octanol–water partition coefficient (Wildman–Crippen LogP) is 5.14. The van der Waals surface area contributed by atoms with Crippen LogP contribution in [0.3, 0.4) is 0 Å². The molecule has 4 heterocycles. The van der Waals surface area contributed by atoms with E-state index in [0.29, 0.717) is 40.0 Å². The first-order valence-electron chi connectivity index (χ1n) is 12.1. The zero-order chi connectivity index (χ0) is 26.6. The Labute approximate surface area is 222 Å². The summed E-state index contributed by atoms with van der Waals surface area (Å²) in [5.41, 5.74) is 2.81. The second kappa shape index (κ2) is 11.1. The lowest BCUT2D eigenvalue weighted by Gasteiger charge is -2.24. The summed E-state index contributed by atoms with van der Waals surface area (Å²) in [5.74, 6) is 1.79. The maximum absolute atomic E-state index is 11.3. The van der Waals surface area contributed by atoms with Gasteiger partial charge in [-0.1, -0.05) is 20.8 Å². The van der Waals surface area contributed by atoms with Crippen molar-refractivity contribution < 1.29 is 14.3 Å². The summed E-state index contributed by atoms with van der Waals surface area (Å²) in [5, 5.41) is 12.6. The molecule has 196 valence electrons. The standard InChI is InChI=1S/C26H33N7O3S/c1-16(34)30-23-12-19(6-8-28-23)36-20-11-21(27-5)24(29-13-20)32-25(37)31-17-10-22(26(2,3)4)33(14-17)18-7-9-35-15-18/h6,8,10-14,18,27H,7,9,15H2,1-5H3,(H,28,30,34)(H2,29,31,32,37)/t18-/m0/s1. The van der Waals surface area contributed by atoms with E-state index in [9.17, 15) is 4.79 Å². The van der Waals surface area contributed by atoms with E-state index < -0.39 is 0 Å². The number of aromatic nitrogens is 3. The van der Waals surface area contributed by atoms with Gasteiger partial charge in [-0.15, -0.1) is 0 Å². The van der Waals surface area contributed by atoms with Crippen LogP contribution in [0.2, 0.25) is 0 Å². The summed E-state index contributed by atoms with van der Waals surface area (Å²) in [6, 6.07) is 7.61. The van der Waals surface area contributed by atoms with Gasteiger partial charge in [0.2, 0.25) is 5.91 Å². The molecule has 3 aromatic rings. The third-order valence-corrected chi connectivity index (χ3v) is 6.01. The van der Waals surface area contributed by atoms with Gasteiger partial charge in [0, 0.05) is 56.2 Å². The molecule has 10 nitrogen and oxygen atoms in total. The molecule has 37 heavy (non-hydrogen) atoms. The summed E-state index contributed by atoms with van der Waals surface area (Å²) in [4.78, 5) is 19.9. The first-order valence-corrected chi connectivity index (χ1v) is 12.5. The number of carbonyl (C=O) groups is 1. The van der Waals surface area contributed by atoms with Gasteiger partial charge in [-0.2, -0.15) is 0 Å². The van der Waals surface area contributed by atoms with Crippen LogP contribution in [-0.2, 0) is 14.9 Å². The fourth-order valence-corrected chi connectivity index (χ4v) is 4.33. The highest BCUT2D eigenvalue weighted by molar-refractivity contribution is 7.80. The number of anilines is 4. The molecular weight excluding hydrogens is 490 g/mol. The minimum Gasteiger partial charge on any atom is -0.455 e. The van der Waals surface area contributed by atoms with Crippen LogP contribution in [0, 0.1) is 0 Å². The van der Waals surface area contributed by atoms with Crippen molar-refractivity contribution in [3.05, 3.63) is 48.5 Å². The normalized spacial score (nSPS) is 15.2. The van der Waals surface area contributed by atoms with Crippen molar-refractivity contribution in [3.63, 3.8) is 0 Å². The summed E-state index contributed by atoms with van der Waals surface area (Å²) >= 11 is 5.60. The molecule has 0 radical (unpaired) electrons. The number of ether oxygens (including phenoxy) is 2. The number of thiocarbonyl (C=S) groups is 1. The Bertz CT molecular complexity index is 1280. The number of pyridine rings is 2. The van der Waals surface area contributed by atoms with Crippen molar-refractivity contribution in [1.29, 1.82) is 0 Å². The average Bonchev–Trinajstić information content (AvgIpc) is 3.50. The quantitative estimate of drug-likeness (QED) is 0.313. The van der Waals surface area contributed by atoms with Crippen molar-refractivity contribution in [2.24, 2.45) is 0 Å². The molecule has 4 N–H and O–H groups in total. The summed E-state index contributed by atoms with van der Waals surface area (Å²) in [7, 11) is 1.79. The van der Waals surface area contributed by atoms with Crippen molar-refractivity contribution in [2.45, 2.75) is 45.6 Å². The zero-order valence-corrected chi connectivity index (χ0v) is 22.5. The van der Waals surface area contributed by atoms with Crippen LogP contribution in [0.5, 0.6) is 11.5 Å². The molecule has 1 saturated heterocycles. The van der Waals surface area contributed by atoms with Crippen molar-refractivity contribution in [2.75, 3.05) is 41.5 Å². The van der Waals surface area contributed by atoms with Gasteiger partial charge in [-0.25, -0.2) is 9.97 Å². The van der Waals surface area contributed by atoms with Crippen LogP contribution in [0.15, 0.2) is 42.9 Å². The fourth-order valence-electron chi connectivity index (χ4n) is 4.12. The molecule has 0 aromatic carbocycles. The Morgan fingerprint density at radius 1 is 1.16 bits per heavy atom. The highest BCUT2D eigenvalue weighted by Gasteiger charge is 2.26.